The van der Waals surface area contributed by atoms with Crippen molar-refractivity contribution in [3.8, 4) is 55.9 Å². The molecule has 2 nitrogen and oxygen atoms in total. The van der Waals surface area contributed by atoms with Gasteiger partial charge in [0.25, 0.3) is 0 Å². The molecule has 0 bridgehead atoms. The zero-order valence-electron chi connectivity index (χ0n) is 39.3. The maximum atomic E-state index is 2.45. The number of rotatable bonds is 6. The Morgan fingerprint density at radius 1 is 0.194 bits per heavy atom. The molecule has 334 valence electrons. The van der Waals surface area contributed by atoms with Crippen LogP contribution in [0.2, 0.25) is 0 Å². The highest BCUT2D eigenvalue weighted by Crippen LogP contribution is 2.47. The van der Waals surface area contributed by atoms with E-state index in [0.29, 0.717) is 0 Å². The van der Waals surface area contributed by atoms with E-state index in [0.717, 1.165) is 11.4 Å². The van der Waals surface area contributed by atoms with Gasteiger partial charge in [0, 0.05) is 32.9 Å². The summed E-state index contributed by atoms with van der Waals surface area (Å²) in [5.74, 6) is 0. The molecule has 13 aromatic carbocycles. The molecule has 0 aliphatic rings. The number of fused-ring (bicyclic) bond motifs is 10. The third kappa shape index (κ3) is 6.16. The van der Waals surface area contributed by atoms with E-state index in [4.69, 9.17) is 0 Å². The molecule has 15 aromatic rings. The molecule has 0 unspecified atom stereocenters. The lowest BCUT2D eigenvalue weighted by molar-refractivity contribution is 1.18. The van der Waals surface area contributed by atoms with Crippen molar-refractivity contribution in [2.75, 3.05) is 0 Å². The second-order valence-corrected chi connectivity index (χ2v) is 19.2. The van der Waals surface area contributed by atoms with Crippen LogP contribution in [0.4, 0.5) is 0 Å². The molecule has 0 radical (unpaired) electrons. The molecular weight excluding hydrogens is 869 g/mol. The summed E-state index contributed by atoms with van der Waals surface area (Å²) in [5.41, 5.74) is 16.7. The second kappa shape index (κ2) is 16.0. The summed E-state index contributed by atoms with van der Waals surface area (Å²) in [6.07, 6.45) is 0. The van der Waals surface area contributed by atoms with Gasteiger partial charge in [0.05, 0.1) is 22.1 Å². The molecule has 2 heterocycles. The molecule has 0 saturated heterocycles. The molecule has 0 aliphatic carbocycles. The standard InChI is InChI=1S/C70H44N2/c1-3-19-53-45(15-1)17-13-25-55(53)47-31-35-49(36-32-47)69-61-41-39-52(72-67-29-11-7-23-59(67)60-24-8-12-30-68(60)72)44-64(61)70(50-37-33-48(34-38-50)56-26-14-18-46-16-2-4-20-54(46)56)62-42-40-51(43-63(62)69)71-65-27-9-5-21-57(65)58-22-6-10-28-66(58)71/h1-44H. The van der Waals surface area contributed by atoms with Gasteiger partial charge in [0.1, 0.15) is 0 Å². The van der Waals surface area contributed by atoms with Crippen molar-refractivity contribution in [3.63, 3.8) is 0 Å². The van der Waals surface area contributed by atoms with E-state index >= 15 is 0 Å². The maximum absolute atomic E-state index is 2.45. The van der Waals surface area contributed by atoms with Crippen LogP contribution in [-0.2, 0) is 0 Å². The molecule has 0 aliphatic heterocycles. The fourth-order valence-corrected chi connectivity index (χ4v) is 12.1. The average Bonchev–Trinajstić information content (AvgIpc) is 3.97. The van der Waals surface area contributed by atoms with E-state index in [1.807, 2.05) is 0 Å². The first-order chi connectivity index (χ1) is 35.7. The highest BCUT2D eigenvalue weighted by Gasteiger charge is 2.22. The minimum absolute atomic E-state index is 1.13. The minimum atomic E-state index is 1.13. The first kappa shape index (κ1) is 40.4. The fourth-order valence-electron chi connectivity index (χ4n) is 12.1. The number of hydrogen-bond donors (Lipinski definition) is 0. The predicted octanol–water partition coefficient (Wildman–Crippen LogP) is 19.2. The average molecular weight is 913 g/mol. The van der Waals surface area contributed by atoms with Crippen molar-refractivity contribution in [1.29, 1.82) is 0 Å². The Balaban J connectivity index is 1.03. The molecule has 0 amide bonds. The Bertz CT molecular complexity index is 4250. The van der Waals surface area contributed by atoms with Crippen LogP contribution >= 0.6 is 0 Å². The molecule has 0 saturated carbocycles. The molecule has 0 N–H and O–H groups in total. The van der Waals surface area contributed by atoms with Gasteiger partial charge in [-0.05, 0) is 136 Å². The maximum Gasteiger partial charge on any atom is 0.0541 e. The minimum Gasteiger partial charge on any atom is -0.309 e. The molecular formula is C70H44N2. The van der Waals surface area contributed by atoms with Crippen molar-refractivity contribution in [1.82, 2.24) is 9.13 Å². The Morgan fingerprint density at radius 3 is 0.875 bits per heavy atom. The van der Waals surface area contributed by atoms with E-state index in [1.165, 1.54) is 131 Å². The lowest BCUT2D eigenvalue weighted by Gasteiger charge is -2.21. The fraction of sp³-hybridized carbons (Fsp3) is 0. The first-order valence-corrected chi connectivity index (χ1v) is 24.9. The highest BCUT2D eigenvalue weighted by atomic mass is 15.0. The largest absolute Gasteiger partial charge is 0.309 e. The lowest BCUT2D eigenvalue weighted by atomic mass is 9.84. The van der Waals surface area contributed by atoms with E-state index in [9.17, 15) is 0 Å². The molecule has 2 heteroatoms. The number of aromatic nitrogens is 2. The van der Waals surface area contributed by atoms with Crippen molar-refractivity contribution in [2.45, 2.75) is 0 Å². The van der Waals surface area contributed by atoms with Gasteiger partial charge in [-0.1, -0.05) is 218 Å². The summed E-state index contributed by atoms with van der Waals surface area (Å²) in [5, 5.41) is 14.8. The smallest absolute Gasteiger partial charge is 0.0541 e. The van der Waals surface area contributed by atoms with Crippen molar-refractivity contribution in [2.24, 2.45) is 0 Å². The van der Waals surface area contributed by atoms with Gasteiger partial charge in [0.15, 0.2) is 0 Å². The quantitative estimate of drug-likeness (QED) is 0.147. The Labute approximate surface area is 416 Å². The first-order valence-electron chi connectivity index (χ1n) is 24.9. The van der Waals surface area contributed by atoms with E-state index in [1.54, 1.807) is 0 Å². The number of para-hydroxylation sites is 4. The molecule has 15 rings (SSSR count). The number of nitrogens with zero attached hydrogens (tertiary/aromatic N) is 2. The zero-order valence-corrected chi connectivity index (χ0v) is 39.3. The Morgan fingerprint density at radius 2 is 0.500 bits per heavy atom. The summed E-state index contributed by atoms with van der Waals surface area (Å²) in [6.45, 7) is 0. The van der Waals surface area contributed by atoms with E-state index in [-0.39, 0.29) is 0 Å². The van der Waals surface area contributed by atoms with Gasteiger partial charge in [-0.25, -0.2) is 0 Å². The van der Waals surface area contributed by atoms with Crippen molar-refractivity contribution >= 4 is 86.7 Å². The summed E-state index contributed by atoms with van der Waals surface area (Å²) in [7, 11) is 0. The van der Waals surface area contributed by atoms with Gasteiger partial charge in [-0.15, -0.1) is 0 Å². The van der Waals surface area contributed by atoms with Crippen LogP contribution < -0.4 is 0 Å². The topological polar surface area (TPSA) is 9.86 Å². The SMILES string of the molecule is c1ccc2c(-c3ccc(-c4c5ccc(-n6c7ccccc7c7ccccc76)cc5c(-c5ccc(-c6cccc7ccccc67)cc5)c5ccc(-n6c7ccccc7c7ccccc76)cc45)cc3)cccc2c1. The Kier molecular flexibility index (Phi) is 8.99. The predicted molar refractivity (Wildman–Crippen MR) is 307 cm³/mol. The number of hydrogen-bond acceptors (Lipinski definition) is 0. The zero-order chi connectivity index (χ0) is 47.3. The van der Waals surface area contributed by atoms with Gasteiger partial charge in [0.2, 0.25) is 0 Å². The van der Waals surface area contributed by atoms with Crippen LogP contribution in [0.15, 0.2) is 267 Å². The van der Waals surface area contributed by atoms with Crippen LogP contribution in [0.1, 0.15) is 0 Å². The van der Waals surface area contributed by atoms with Gasteiger partial charge < -0.3 is 9.13 Å². The molecule has 2 aromatic heterocycles. The third-order valence-electron chi connectivity index (χ3n) is 15.3. The number of benzene rings is 13. The van der Waals surface area contributed by atoms with Crippen molar-refractivity contribution < 1.29 is 0 Å². The van der Waals surface area contributed by atoms with Gasteiger partial charge in [-0.3, -0.25) is 0 Å². The molecule has 0 spiro atoms. The molecule has 72 heavy (non-hydrogen) atoms. The van der Waals surface area contributed by atoms with Crippen LogP contribution in [-0.4, -0.2) is 9.13 Å². The lowest BCUT2D eigenvalue weighted by Crippen LogP contribution is -1.98. The summed E-state index contributed by atoms with van der Waals surface area (Å²) in [6, 6.07) is 98.9. The van der Waals surface area contributed by atoms with Crippen LogP contribution in [0.3, 0.4) is 0 Å². The van der Waals surface area contributed by atoms with Gasteiger partial charge in [-0.2, -0.15) is 0 Å². The van der Waals surface area contributed by atoms with E-state index < -0.39 is 0 Å². The summed E-state index contributed by atoms with van der Waals surface area (Å²) >= 11 is 0. The summed E-state index contributed by atoms with van der Waals surface area (Å²) < 4.78 is 4.90. The van der Waals surface area contributed by atoms with E-state index in [2.05, 4.69) is 276 Å². The monoisotopic (exact) mass is 912 g/mol. The second-order valence-electron chi connectivity index (χ2n) is 19.2. The Hall–Kier alpha value is -9.50. The van der Waals surface area contributed by atoms with Crippen molar-refractivity contribution in [3.05, 3.63) is 267 Å². The van der Waals surface area contributed by atoms with Gasteiger partial charge >= 0.3 is 0 Å². The third-order valence-corrected chi connectivity index (χ3v) is 15.3. The molecule has 0 fully saturated rings. The normalized spacial score (nSPS) is 11.9. The van der Waals surface area contributed by atoms with Crippen LogP contribution in [0, 0.1) is 0 Å². The highest BCUT2D eigenvalue weighted by molar-refractivity contribution is 6.23. The summed E-state index contributed by atoms with van der Waals surface area (Å²) in [4.78, 5) is 0. The molecule has 0 atom stereocenters. The van der Waals surface area contributed by atoms with Crippen LogP contribution in [0.25, 0.3) is 143 Å². The van der Waals surface area contributed by atoms with Crippen LogP contribution in [0.5, 0.6) is 0 Å².